The van der Waals surface area contributed by atoms with Gasteiger partial charge in [0.2, 0.25) is 0 Å². The van der Waals surface area contributed by atoms with Crippen molar-refractivity contribution >= 4 is 24.0 Å². The van der Waals surface area contributed by atoms with Gasteiger partial charge in [-0.3, -0.25) is 0 Å². The third kappa shape index (κ3) is 2.88. The molecule has 0 aromatic carbocycles. The van der Waals surface area contributed by atoms with Crippen LogP contribution in [0.3, 0.4) is 0 Å². The second-order valence-corrected chi connectivity index (χ2v) is 10.6. The van der Waals surface area contributed by atoms with Gasteiger partial charge in [-0.1, -0.05) is 42.9 Å². The Morgan fingerprint density at radius 2 is 1.82 bits per heavy atom. The number of halogens is 1. The summed E-state index contributed by atoms with van der Waals surface area (Å²) >= 11 is 3.53. The third-order valence-electron chi connectivity index (χ3n) is 2.90. The van der Waals surface area contributed by atoms with E-state index in [0.29, 0.717) is 11.6 Å². The molecule has 68 valence electrons. The van der Waals surface area contributed by atoms with E-state index in [4.69, 9.17) is 5.11 Å². The van der Waals surface area contributed by atoms with E-state index in [0.717, 1.165) is 11.4 Å². The van der Waals surface area contributed by atoms with Crippen molar-refractivity contribution in [1.82, 2.24) is 0 Å². The molecular formula is C8H19BrOSi. The SMILES string of the molecule is CC(C)(CBr)[Si](C)(C)CCO. The molecule has 0 rings (SSSR count). The highest BCUT2D eigenvalue weighted by Gasteiger charge is 2.37. The zero-order valence-electron chi connectivity index (χ0n) is 7.95. The van der Waals surface area contributed by atoms with Gasteiger partial charge < -0.3 is 5.11 Å². The summed E-state index contributed by atoms with van der Waals surface area (Å²) < 4.78 is 0. The summed E-state index contributed by atoms with van der Waals surface area (Å²) in [5.41, 5.74) is 0. The van der Waals surface area contributed by atoms with Crippen molar-refractivity contribution in [1.29, 1.82) is 0 Å². The fourth-order valence-electron chi connectivity index (χ4n) is 0.799. The van der Waals surface area contributed by atoms with E-state index in [1.54, 1.807) is 0 Å². The first-order valence-electron chi connectivity index (χ1n) is 4.04. The van der Waals surface area contributed by atoms with Crippen molar-refractivity contribution < 1.29 is 5.11 Å². The Hall–Kier alpha value is 0.657. The molecule has 0 spiro atoms. The molecule has 0 amide bonds. The van der Waals surface area contributed by atoms with E-state index in [-0.39, 0.29) is 0 Å². The molecule has 0 aromatic rings. The molecule has 1 nitrogen and oxygen atoms in total. The van der Waals surface area contributed by atoms with E-state index in [1.165, 1.54) is 0 Å². The summed E-state index contributed by atoms with van der Waals surface area (Å²) in [5, 5.41) is 10.3. The quantitative estimate of drug-likeness (QED) is 0.590. The highest BCUT2D eigenvalue weighted by atomic mass is 79.9. The molecule has 0 radical (unpaired) electrons. The maximum atomic E-state index is 8.88. The van der Waals surface area contributed by atoms with Crippen LogP contribution in [0.15, 0.2) is 0 Å². The molecule has 0 aliphatic heterocycles. The van der Waals surface area contributed by atoms with E-state index >= 15 is 0 Å². The normalized spacial score (nSPS) is 13.6. The van der Waals surface area contributed by atoms with Gasteiger partial charge in [0, 0.05) is 11.9 Å². The average Bonchev–Trinajstić information content (AvgIpc) is 1.87. The van der Waals surface area contributed by atoms with E-state index in [1.807, 2.05) is 0 Å². The monoisotopic (exact) mass is 238 g/mol. The Balaban J connectivity index is 4.26. The van der Waals surface area contributed by atoms with Crippen LogP contribution in [0.2, 0.25) is 24.2 Å². The molecule has 0 fully saturated rings. The van der Waals surface area contributed by atoms with Crippen molar-refractivity contribution in [2.75, 3.05) is 11.9 Å². The number of aliphatic hydroxyl groups excluding tert-OH is 1. The third-order valence-corrected chi connectivity index (χ3v) is 10.1. The summed E-state index contributed by atoms with van der Waals surface area (Å²) in [7, 11) is -1.23. The fourth-order valence-corrected chi connectivity index (χ4v) is 4.67. The summed E-state index contributed by atoms with van der Waals surface area (Å²) in [6.07, 6.45) is 0. The molecule has 0 heterocycles. The Labute approximate surface area is 79.3 Å². The summed E-state index contributed by atoms with van der Waals surface area (Å²) in [6, 6.07) is 1.01. The van der Waals surface area contributed by atoms with E-state index in [2.05, 4.69) is 42.9 Å². The second kappa shape index (κ2) is 4.05. The fraction of sp³-hybridized carbons (Fsp3) is 1.00. The Bertz CT molecular complexity index is 123. The van der Waals surface area contributed by atoms with E-state index < -0.39 is 8.07 Å². The minimum atomic E-state index is -1.23. The van der Waals surface area contributed by atoms with Crippen molar-refractivity contribution in [2.45, 2.75) is 38.0 Å². The zero-order valence-corrected chi connectivity index (χ0v) is 10.5. The molecule has 0 unspecified atom stereocenters. The lowest BCUT2D eigenvalue weighted by molar-refractivity contribution is 0.315. The highest BCUT2D eigenvalue weighted by molar-refractivity contribution is 9.09. The van der Waals surface area contributed by atoms with Crippen molar-refractivity contribution in [2.24, 2.45) is 0 Å². The zero-order chi connectivity index (χ0) is 9.12. The van der Waals surface area contributed by atoms with Crippen molar-refractivity contribution in [3.8, 4) is 0 Å². The topological polar surface area (TPSA) is 20.2 Å². The van der Waals surface area contributed by atoms with Gasteiger partial charge in [0.1, 0.15) is 0 Å². The van der Waals surface area contributed by atoms with Gasteiger partial charge in [0.15, 0.2) is 0 Å². The van der Waals surface area contributed by atoms with E-state index in [9.17, 15) is 0 Å². The first-order chi connectivity index (χ1) is 4.87. The van der Waals surface area contributed by atoms with Crippen LogP contribution in [-0.4, -0.2) is 25.1 Å². The largest absolute Gasteiger partial charge is 0.397 e. The summed E-state index contributed by atoms with van der Waals surface area (Å²) in [6.45, 7) is 9.58. The molecule has 0 aliphatic rings. The maximum Gasteiger partial charge on any atom is 0.0561 e. The first-order valence-corrected chi connectivity index (χ1v) is 8.37. The lowest BCUT2D eigenvalue weighted by Gasteiger charge is -2.38. The van der Waals surface area contributed by atoms with Gasteiger partial charge in [-0.2, -0.15) is 0 Å². The second-order valence-electron chi connectivity index (χ2n) is 4.38. The molecule has 0 saturated heterocycles. The minimum absolute atomic E-state index is 0.343. The maximum absolute atomic E-state index is 8.88. The average molecular weight is 239 g/mol. The molecule has 1 N–H and O–H groups in total. The van der Waals surface area contributed by atoms with Crippen LogP contribution in [0, 0.1) is 0 Å². The van der Waals surface area contributed by atoms with Gasteiger partial charge in [-0.05, 0) is 11.1 Å². The number of hydrogen-bond donors (Lipinski definition) is 1. The number of aliphatic hydroxyl groups is 1. The Morgan fingerprint density at radius 3 is 2.09 bits per heavy atom. The lowest BCUT2D eigenvalue weighted by Crippen LogP contribution is -2.40. The van der Waals surface area contributed by atoms with Crippen LogP contribution < -0.4 is 0 Å². The molecular weight excluding hydrogens is 220 g/mol. The first kappa shape index (κ1) is 11.7. The van der Waals surface area contributed by atoms with Gasteiger partial charge >= 0.3 is 0 Å². The van der Waals surface area contributed by atoms with Gasteiger partial charge in [-0.25, -0.2) is 0 Å². The van der Waals surface area contributed by atoms with Crippen molar-refractivity contribution in [3.05, 3.63) is 0 Å². The number of rotatable bonds is 4. The van der Waals surface area contributed by atoms with Crippen LogP contribution in [0.25, 0.3) is 0 Å². The molecule has 0 saturated carbocycles. The predicted octanol–water partition coefficient (Wildman–Crippen LogP) is 2.86. The minimum Gasteiger partial charge on any atom is -0.397 e. The molecule has 0 atom stereocenters. The lowest BCUT2D eigenvalue weighted by atomic mass is 10.2. The number of alkyl halides is 1. The molecule has 0 aliphatic carbocycles. The molecule has 0 aromatic heterocycles. The highest BCUT2D eigenvalue weighted by Crippen LogP contribution is 2.40. The summed E-state index contributed by atoms with van der Waals surface area (Å²) in [4.78, 5) is 0. The van der Waals surface area contributed by atoms with Gasteiger partial charge in [-0.15, -0.1) is 0 Å². The van der Waals surface area contributed by atoms with Crippen LogP contribution in [0.1, 0.15) is 13.8 Å². The predicted molar refractivity (Wildman–Crippen MR) is 57.2 cm³/mol. The molecule has 0 bridgehead atoms. The van der Waals surface area contributed by atoms with Crippen LogP contribution in [0.5, 0.6) is 0 Å². The van der Waals surface area contributed by atoms with Crippen LogP contribution >= 0.6 is 15.9 Å². The molecule has 3 heteroatoms. The van der Waals surface area contributed by atoms with Crippen LogP contribution in [-0.2, 0) is 0 Å². The summed E-state index contributed by atoms with van der Waals surface area (Å²) in [5.74, 6) is 0. The standard InChI is InChI=1S/C8H19BrOSi/c1-8(2,7-9)11(3,4)6-5-10/h10H,5-7H2,1-4H3. The van der Waals surface area contributed by atoms with Gasteiger partial charge in [0.05, 0.1) is 8.07 Å². The van der Waals surface area contributed by atoms with Gasteiger partial charge in [0.25, 0.3) is 0 Å². The number of hydrogen-bond acceptors (Lipinski definition) is 1. The smallest absolute Gasteiger partial charge is 0.0561 e. The van der Waals surface area contributed by atoms with Crippen LogP contribution in [0.4, 0.5) is 0 Å². The van der Waals surface area contributed by atoms with Crippen molar-refractivity contribution in [3.63, 3.8) is 0 Å². The Kier molecular flexibility index (Phi) is 4.30. The Morgan fingerprint density at radius 1 is 1.36 bits per heavy atom. The molecule has 11 heavy (non-hydrogen) atoms.